The minimum Gasteiger partial charge on any atom is -0.494 e. The van der Waals surface area contributed by atoms with Gasteiger partial charge in [0.15, 0.2) is 0 Å². The predicted molar refractivity (Wildman–Crippen MR) is 92.1 cm³/mol. The molecule has 5 nitrogen and oxygen atoms in total. The Labute approximate surface area is 139 Å². The molecule has 0 saturated heterocycles. The number of rotatable bonds is 6. The molecule has 3 rings (SSSR count). The van der Waals surface area contributed by atoms with E-state index in [1.54, 1.807) is 6.20 Å². The van der Waals surface area contributed by atoms with Gasteiger partial charge in [0.05, 0.1) is 12.2 Å². The fourth-order valence-corrected chi connectivity index (χ4v) is 2.58. The van der Waals surface area contributed by atoms with Crippen molar-refractivity contribution >= 4 is 22.6 Å². The smallest absolute Gasteiger partial charge is 0.292 e. The molecule has 0 bridgehead atoms. The first-order chi connectivity index (χ1) is 11.7. The maximum absolute atomic E-state index is 12.4. The number of aromatic amines is 1. The molecule has 0 spiro atoms. The fourth-order valence-electron chi connectivity index (χ4n) is 2.58. The standard InChI is InChI=1S/C19H18N2O3/c1-2-24-17-10-6-3-7-13(17)11-21-19(23)18(22)15-12-20-16-9-5-4-8-14(15)16/h3-10,12,20H,2,11H2,1H3,(H,21,23). The summed E-state index contributed by atoms with van der Waals surface area (Å²) in [5.41, 5.74) is 2.04. The molecule has 0 unspecified atom stereocenters. The van der Waals surface area contributed by atoms with Crippen LogP contribution in [0.15, 0.2) is 54.7 Å². The predicted octanol–water partition coefficient (Wildman–Crippen LogP) is 3.07. The highest BCUT2D eigenvalue weighted by Crippen LogP contribution is 2.19. The van der Waals surface area contributed by atoms with E-state index in [9.17, 15) is 9.59 Å². The van der Waals surface area contributed by atoms with Crippen LogP contribution in [0.3, 0.4) is 0 Å². The summed E-state index contributed by atoms with van der Waals surface area (Å²) < 4.78 is 5.52. The lowest BCUT2D eigenvalue weighted by atomic mass is 10.1. The monoisotopic (exact) mass is 322 g/mol. The molecular formula is C19H18N2O3. The molecule has 2 aromatic carbocycles. The number of nitrogens with one attached hydrogen (secondary N) is 2. The molecule has 1 amide bonds. The second-order valence-electron chi connectivity index (χ2n) is 5.30. The molecule has 0 aliphatic carbocycles. The number of hydrogen-bond donors (Lipinski definition) is 2. The highest BCUT2D eigenvalue weighted by molar-refractivity contribution is 6.44. The fraction of sp³-hybridized carbons (Fsp3) is 0.158. The van der Waals surface area contributed by atoms with E-state index in [4.69, 9.17) is 4.74 Å². The Balaban J connectivity index is 1.72. The van der Waals surface area contributed by atoms with Crippen molar-refractivity contribution in [2.75, 3.05) is 6.61 Å². The van der Waals surface area contributed by atoms with E-state index < -0.39 is 11.7 Å². The molecule has 5 heteroatoms. The molecule has 2 N–H and O–H groups in total. The maximum atomic E-state index is 12.4. The van der Waals surface area contributed by atoms with Crippen LogP contribution in [0.1, 0.15) is 22.8 Å². The van der Waals surface area contributed by atoms with Crippen molar-refractivity contribution < 1.29 is 14.3 Å². The lowest BCUT2D eigenvalue weighted by Gasteiger charge is -2.10. The van der Waals surface area contributed by atoms with Crippen LogP contribution in [0.25, 0.3) is 10.9 Å². The van der Waals surface area contributed by atoms with E-state index in [2.05, 4.69) is 10.3 Å². The SMILES string of the molecule is CCOc1ccccc1CNC(=O)C(=O)c1c[nH]c2ccccc12. The lowest BCUT2D eigenvalue weighted by molar-refractivity contribution is -0.117. The summed E-state index contributed by atoms with van der Waals surface area (Å²) in [4.78, 5) is 27.6. The van der Waals surface area contributed by atoms with Gasteiger partial charge >= 0.3 is 0 Å². The van der Waals surface area contributed by atoms with Gasteiger partial charge in [-0.05, 0) is 19.1 Å². The summed E-state index contributed by atoms with van der Waals surface area (Å²) >= 11 is 0. The van der Waals surface area contributed by atoms with Crippen LogP contribution in [0.4, 0.5) is 0 Å². The van der Waals surface area contributed by atoms with Crippen LogP contribution in [0.5, 0.6) is 5.75 Å². The van der Waals surface area contributed by atoms with E-state index in [1.807, 2.05) is 55.5 Å². The Kier molecular flexibility index (Phi) is 4.61. The number of carbonyl (C=O) groups excluding carboxylic acids is 2. The zero-order valence-electron chi connectivity index (χ0n) is 13.3. The van der Waals surface area contributed by atoms with Crippen LogP contribution in [-0.4, -0.2) is 23.3 Å². The van der Waals surface area contributed by atoms with Gasteiger partial charge < -0.3 is 15.0 Å². The first-order valence-corrected chi connectivity index (χ1v) is 7.80. The Morgan fingerprint density at radius 3 is 2.67 bits per heavy atom. The highest BCUT2D eigenvalue weighted by atomic mass is 16.5. The zero-order valence-corrected chi connectivity index (χ0v) is 13.3. The van der Waals surface area contributed by atoms with Gasteiger partial charge in [0, 0.05) is 29.2 Å². The van der Waals surface area contributed by atoms with Crippen LogP contribution in [0, 0.1) is 0 Å². The quantitative estimate of drug-likeness (QED) is 0.541. The number of benzene rings is 2. The van der Waals surface area contributed by atoms with Crippen molar-refractivity contribution in [1.82, 2.24) is 10.3 Å². The van der Waals surface area contributed by atoms with Gasteiger partial charge in [-0.3, -0.25) is 9.59 Å². The Morgan fingerprint density at radius 2 is 1.83 bits per heavy atom. The van der Waals surface area contributed by atoms with Crippen LogP contribution >= 0.6 is 0 Å². The third-order valence-corrected chi connectivity index (χ3v) is 3.75. The van der Waals surface area contributed by atoms with E-state index in [0.29, 0.717) is 17.9 Å². The minimum atomic E-state index is -0.633. The largest absolute Gasteiger partial charge is 0.494 e. The summed E-state index contributed by atoms with van der Waals surface area (Å²) in [5, 5.41) is 3.41. The number of carbonyl (C=O) groups is 2. The van der Waals surface area contributed by atoms with Crippen molar-refractivity contribution in [1.29, 1.82) is 0 Å². The first kappa shape index (κ1) is 15.8. The number of Topliss-reactive ketones (excluding diaryl/α,β-unsaturated/α-hetero) is 1. The number of hydrogen-bond acceptors (Lipinski definition) is 3. The summed E-state index contributed by atoms with van der Waals surface area (Å²) in [5.74, 6) is -0.479. The minimum absolute atomic E-state index is 0.239. The summed E-state index contributed by atoms with van der Waals surface area (Å²) in [7, 11) is 0. The van der Waals surface area contributed by atoms with Gasteiger partial charge in [-0.15, -0.1) is 0 Å². The normalized spacial score (nSPS) is 10.5. The van der Waals surface area contributed by atoms with Gasteiger partial charge in [-0.2, -0.15) is 0 Å². The van der Waals surface area contributed by atoms with Crippen LogP contribution in [-0.2, 0) is 11.3 Å². The summed E-state index contributed by atoms with van der Waals surface area (Å²) in [6, 6.07) is 14.8. The molecule has 0 aliphatic heterocycles. The summed E-state index contributed by atoms with van der Waals surface area (Å²) in [6.45, 7) is 2.68. The molecule has 0 saturated carbocycles. The average Bonchev–Trinajstić information content (AvgIpc) is 3.04. The van der Waals surface area contributed by atoms with Crippen molar-refractivity contribution in [2.45, 2.75) is 13.5 Å². The molecule has 24 heavy (non-hydrogen) atoms. The number of para-hydroxylation sites is 2. The number of amides is 1. The summed E-state index contributed by atoms with van der Waals surface area (Å²) in [6.07, 6.45) is 1.57. The Bertz CT molecular complexity index is 883. The molecule has 0 aliphatic rings. The molecule has 0 radical (unpaired) electrons. The van der Waals surface area contributed by atoms with E-state index in [1.165, 1.54) is 0 Å². The molecule has 1 aromatic heterocycles. The van der Waals surface area contributed by atoms with Crippen LogP contribution in [0.2, 0.25) is 0 Å². The van der Waals surface area contributed by atoms with E-state index in [-0.39, 0.29) is 6.54 Å². The molecular weight excluding hydrogens is 304 g/mol. The maximum Gasteiger partial charge on any atom is 0.292 e. The molecule has 122 valence electrons. The van der Waals surface area contributed by atoms with Crippen molar-refractivity contribution in [2.24, 2.45) is 0 Å². The zero-order chi connectivity index (χ0) is 16.9. The Hall–Kier alpha value is -3.08. The average molecular weight is 322 g/mol. The van der Waals surface area contributed by atoms with Gasteiger partial charge in [0.25, 0.3) is 11.7 Å². The van der Waals surface area contributed by atoms with Gasteiger partial charge in [0.2, 0.25) is 0 Å². The molecule has 1 heterocycles. The highest BCUT2D eigenvalue weighted by Gasteiger charge is 2.19. The topological polar surface area (TPSA) is 71.2 Å². The third-order valence-electron chi connectivity index (χ3n) is 3.75. The number of ether oxygens (including phenoxy) is 1. The van der Waals surface area contributed by atoms with E-state index in [0.717, 1.165) is 16.5 Å². The van der Waals surface area contributed by atoms with Gasteiger partial charge in [0.1, 0.15) is 5.75 Å². The van der Waals surface area contributed by atoms with Crippen molar-refractivity contribution in [3.63, 3.8) is 0 Å². The van der Waals surface area contributed by atoms with Gasteiger partial charge in [-0.1, -0.05) is 36.4 Å². The van der Waals surface area contributed by atoms with Gasteiger partial charge in [-0.25, -0.2) is 0 Å². The molecule has 0 atom stereocenters. The number of aromatic nitrogens is 1. The van der Waals surface area contributed by atoms with E-state index >= 15 is 0 Å². The third kappa shape index (κ3) is 3.15. The van der Waals surface area contributed by atoms with Crippen LogP contribution < -0.4 is 10.1 Å². The number of fused-ring (bicyclic) bond motifs is 1. The van der Waals surface area contributed by atoms with Crippen molar-refractivity contribution in [3.05, 3.63) is 65.9 Å². The first-order valence-electron chi connectivity index (χ1n) is 7.80. The molecule has 0 fully saturated rings. The number of ketones is 1. The van der Waals surface area contributed by atoms with Crippen molar-refractivity contribution in [3.8, 4) is 5.75 Å². The lowest BCUT2D eigenvalue weighted by Crippen LogP contribution is -2.30. The second kappa shape index (κ2) is 7.00. The molecule has 3 aromatic rings. The Morgan fingerprint density at radius 1 is 1.08 bits per heavy atom. The second-order valence-corrected chi connectivity index (χ2v) is 5.30. The number of H-pyrrole nitrogens is 1.